The highest BCUT2D eigenvalue weighted by atomic mass is 16.5. The van der Waals surface area contributed by atoms with Crippen molar-refractivity contribution in [2.75, 3.05) is 12.4 Å². The molecule has 0 aliphatic carbocycles. The molecule has 4 rings (SSSR count). The Labute approximate surface area is 191 Å². The van der Waals surface area contributed by atoms with Gasteiger partial charge in [-0.1, -0.05) is 19.1 Å². The van der Waals surface area contributed by atoms with E-state index in [9.17, 15) is 14.7 Å². The highest BCUT2D eigenvalue weighted by Gasteiger charge is 2.29. The Kier molecular flexibility index (Phi) is 6.39. The molecule has 1 atom stereocenters. The summed E-state index contributed by atoms with van der Waals surface area (Å²) in [6, 6.07) is 14.0. The molecule has 2 amide bonds. The van der Waals surface area contributed by atoms with Crippen molar-refractivity contribution in [2.45, 2.75) is 26.3 Å². The number of aromatic hydroxyl groups is 1. The van der Waals surface area contributed by atoms with Crippen molar-refractivity contribution in [2.24, 2.45) is 11.0 Å². The number of phenols is 1. The molecule has 33 heavy (non-hydrogen) atoms. The summed E-state index contributed by atoms with van der Waals surface area (Å²) < 4.78 is 5.13. The number of hydrogen-bond acceptors (Lipinski definition) is 6. The molecule has 2 heterocycles. The number of amides is 2. The quantitative estimate of drug-likeness (QED) is 0.512. The number of phenolic OH excluding ortho intramolecular Hbond substituents is 1. The average molecular weight is 447 g/mol. The van der Waals surface area contributed by atoms with Gasteiger partial charge in [-0.3, -0.25) is 14.7 Å². The van der Waals surface area contributed by atoms with Crippen molar-refractivity contribution in [3.05, 3.63) is 71.5 Å². The normalized spacial score (nSPS) is 15.8. The van der Waals surface area contributed by atoms with E-state index < -0.39 is 0 Å². The highest BCUT2D eigenvalue weighted by Crippen LogP contribution is 2.31. The van der Waals surface area contributed by atoms with E-state index >= 15 is 0 Å². The number of nitrogens with zero attached hydrogens (tertiary/aromatic N) is 3. The maximum absolute atomic E-state index is 12.7. The van der Waals surface area contributed by atoms with Crippen LogP contribution in [0.25, 0.3) is 0 Å². The fourth-order valence-electron chi connectivity index (χ4n) is 3.73. The third kappa shape index (κ3) is 4.87. The predicted octanol–water partition coefficient (Wildman–Crippen LogP) is 3.54. The summed E-state index contributed by atoms with van der Waals surface area (Å²) in [5.41, 5.74) is 3.32. The fraction of sp³-hybridized carbons (Fsp3) is 0.250. The summed E-state index contributed by atoms with van der Waals surface area (Å²) in [6.45, 7) is 2.32. The number of methoxy groups -OCH3 is 1. The van der Waals surface area contributed by atoms with Gasteiger partial charge < -0.3 is 15.2 Å². The number of benzene rings is 2. The lowest BCUT2D eigenvalue weighted by Gasteiger charge is -2.29. The number of hydrazone groups is 1. The minimum Gasteiger partial charge on any atom is -0.504 e. The van der Waals surface area contributed by atoms with Gasteiger partial charge in [-0.25, -0.2) is 5.01 Å². The summed E-state index contributed by atoms with van der Waals surface area (Å²) >= 11 is 0. The van der Waals surface area contributed by atoms with Crippen LogP contribution >= 0.6 is 0 Å². The van der Waals surface area contributed by atoms with Crippen LogP contribution in [0.1, 0.15) is 41.4 Å². The van der Waals surface area contributed by atoms with E-state index in [0.717, 1.165) is 23.3 Å². The molecule has 0 fully saturated rings. The van der Waals surface area contributed by atoms with Crippen LogP contribution in [0.5, 0.6) is 11.5 Å². The van der Waals surface area contributed by atoms with Crippen LogP contribution < -0.4 is 10.1 Å². The van der Waals surface area contributed by atoms with E-state index in [1.165, 1.54) is 12.1 Å². The molecule has 2 aromatic carbocycles. The third-order valence-electron chi connectivity index (χ3n) is 5.57. The zero-order chi connectivity index (χ0) is 23.4. The summed E-state index contributed by atoms with van der Waals surface area (Å²) in [7, 11) is 1.50. The molecular formula is C24H25N5O4. The fourth-order valence-corrected chi connectivity index (χ4v) is 3.73. The van der Waals surface area contributed by atoms with E-state index in [0.29, 0.717) is 30.1 Å². The van der Waals surface area contributed by atoms with Crippen molar-refractivity contribution in [3.63, 3.8) is 0 Å². The number of nitrogens with one attached hydrogen (secondary N) is 2. The Bertz CT molecular complexity index is 1170. The van der Waals surface area contributed by atoms with E-state index in [4.69, 9.17) is 4.74 Å². The molecule has 0 spiro atoms. The Hall–Kier alpha value is -4.14. The van der Waals surface area contributed by atoms with Crippen LogP contribution in [-0.2, 0) is 11.3 Å². The second kappa shape index (κ2) is 9.56. The predicted molar refractivity (Wildman–Crippen MR) is 123 cm³/mol. The van der Waals surface area contributed by atoms with Crippen LogP contribution in [-0.4, -0.2) is 44.9 Å². The van der Waals surface area contributed by atoms with Crippen LogP contribution in [0.4, 0.5) is 5.69 Å². The van der Waals surface area contributed by atoms with E-state index in [2.05, 4.69) is 20.6 Å². The number of carbonyl (C=O) groups is 2. The number of aromatic nitrogens is 2. The zero-order valence-electron chi connectivity index (χ0n) is 18.4. The first kappa shape index (κ1) is 22.1. The molecule has 1 unspecified atom stereocenters. The molecule has 1 aliphatic rings. The Balaban J connectivity index is 1.51. The molecule has 0 saturated heterocycles. The SMILES string of the molecule is CCC1CC(=O)N(Cc2ccc(NC(=O)c3cc[nH]n3)cc2)N=C1c1ccc(OC)c(O)c1. The van der Waals surface area contributed by atoms with Crippen LogP contribution in [0.15, 0.2) is 59.8 Å². The van der Waals surface area contributed by atoms with Crippen molar-refractivity contribution < 1.29 is 19.4 Å². The maximum Gasteiger partial charge on any atom is 0.276 e. The molecule has 0 bridgehead atoms. The smallest absolute Gasteiger partial charge is 0.276 e. The maximum atomic E-state index is 12.7. The Morgan fingerprint density at radius 3 is 2.67 bits per heavy atom. The summed E-state index contributed by atoms with van der Waals surface area (Å²) in [5, 5.41) is 25.5. The summed E-state index contributed by atoms with van der Waals surface area (Å²) in [6.07, 6.45) is 2.69. The van der Waals surface area contributed by atoms with Crippen LogP contribution in [0.3, 0.4) is 0 Å². The van der Waals surface area contributed by atoms with E-state index in [-0.39, 0.29) is 23.5 Å². The largest absolute Gasteiger partial charge is 0.504 e. The molecule has 3 N–H and O–H groups in total. The lowest BCUT2D eigenvalue weighted by Crippen LogP contribution is -2.36. The third-order valence-corrected chi connectivity index (χ3v) is 5.57. The number of H-pyrrole nitrogens is 1. The molecule has 9 heteroatoms. The topological polar surface area (TPSA) is 120 Å². The van der Waals surface area contributed by atoms with E-state index in [1.807, 2.05) is 25.1 Å². The van der Waals surface area contributed by atoms with Gasteiger partial charge in [0.1, 0.15) is 5.69 Å². The van der Waals surface area contributed by atoms with Crippen molar-refractivity contribution >= 4 is 23.2 Å². The van der Waals surface area contributed by atoms with Gasteiger partial charge in [0, 0.05) is 29.8 Å². The first-order chi connectivity index (χ1) is 16.0. The number of hydrogen-bond donors (Lipinski definition) is 3. The average Bonchev–Trinajstić information content (AvgIpc) is 3.36. The van der Waals surface area contributed by atoms with E-state index in [1.54, 1.807) is 36.5 Å². The second-order valence-electron chi connectivity index (χ2n) is 7.74. The minimum absolute atomic E-state index is 0.0267. The second-order valence-corrected chi connectivity index (χ2v) is 7.74. The Morgan fingerprint density at radius 2 is 2.03 bits per heavy atom. The number of rotatable bonds is 7. The minimum atomic E-state index is -0.308. The van der Waals surface area contributed by atoms with Gasteiger partial charge >= 0.3 is 0 Å². The van der Waals surface area contributed by atoms with Crippen molar-refractivity contribution in [3.8, 4) is 11.5 Å². The lowest BCUT2D eigenvalue weighted by molar-refractivity contribution is -0.133. The first-order valence-electron chi connectivity index (χ1n) is 10.6. The zero-order valence-corrected chi connectivity index (χ0v) is 18.4. The van der Waals surface area contributed by atoms with Crippen LogP contribution in [0, 0.1) is 5.92 Å². The Morgan fingerprint density at radius 1 is 1.24 bits per heavy atom. The van der Waals surface area contributed by atoms with Gasteiger partial charge in [0.15, 0.2) is 11.5 Å². The number of aromatic amines is 1. The highest BCUT2D eigenvalue weighted by molar-refractivity contribution is 6.06. The van der Waals surface area contributed by atoms with Gasteiger partial charge in [0.25, 0.3) is 5.91 Å². The molecule has 1 aliphatic heterocycles. The lowest BCUT2D eigenvalue weighted by atomic mass is 9.89. The molecule has 0 saturated carbocycles. The van der Waals surface area contributed by atoms with Gasteiger partial charge in [-0.05, 0) is 48.4 Å². The van der Waals surface area contributed by atoms with Gasteiger partial charge in [-0.15, -0.1) is 0 Å². The molecule has 9 nitrogen and oxygen atoms in total. The molecule has 3 aromatic rings. The first-order valence-corrected chi connectivity index (χ1v) is 10.6. The monoisotopic (exact) mass is 447 g/mol. The van der Waals surface area contributed by atoms with Gasteiger partial charge in [0.05, 0.1) is 19.4 Å². The summed E-state index contributed by atoms with van der Waals surface area (Å²) in [5.74, 6) is 0.0253. The molecule has 1 aromatic heterocycles. The van der Waals surface area contributed by atoms with Gasteiger partial charge in [-0.2, -0.15) is 10.2 Å². The van der Waals surface area contributed by atoms with Crippen LogP contribution in [0.2, 0.25) is 0 Å². The van der Waals surface area contributed by atoms with Gasteiger partial charge in [0.2, 0.25) is 5.91 Å². The number of ether oxygens (including phenoxy) is 1. The van der Waals surface area contributed by atoms with Crippen molar-refractivity contribution in [1.29, 1.82) is 0 Å². The number of carbonyl (C=O) groups excluding carboxylic acids is 2. The standard InChI is InChI=1S/C24H25N5O4/c1-3-16-13-22(31)29(28-23(16)17-6-9-21(33-2)20(30)12-17)14-15-4-7-18(8-5-15)26-24(32)19-10-11-25-27-19/h4-12,16,30H,3,13-14H2,1-2H3,(H,25,27)(H,26,32). The number of anilines is 1. The molecule has 0 radical (unpaired) electrons. The molecule has 170 valence electrons. The van der Waals surface area contributed by atoms with Crippen molar-refractivity contribution in [1.82, 2.24) is 15.2 Å². The summed E-state index contributed by atoms with van der Waals surface area (Å²) in [4.78, 5) is 24.9. The molecular weight excluding hydrogens is 422 g/mol.